The van der Waals surface area contributed by atoms with E-state index in [1.54, 1.807) is 6.08 Å². The fourth-order valence-corrected chi connectivity index (χ4v) is 0.690. The lowest BCUT2D eigenvalue weighted by atomic mass is 10.1. The van der Waals surface area contributed by atoms with Gasteiger partial charge in [0, 0.05) is 5.56 Å². The molecule has 0 saturated carbocycles. The van der Waals surface area contributed by atoms with E-state index in [1.807, 2.05) is 24.3 Å². The van der Waals surface area contributed by atoms with Crippen LogP contribution in [0.4, 0.5) is 0 Å². The van der Waals surface area contributed by atoms with Gasteiger partial charge in [0.1, 0.15) is 0 Å². The second kappa shape index (κ2) is 2.89. The van der Waals surface area contributed by atoms with E-state index < -0.39 is 0 Å². The predicted octanol–water partition coefficient (Wildman–Crippen LogP) is 2.11. The average Bonchev–Trinajstić information content (AvgIpc) is 2.05. The highest BCUT2D eigenvalue weighted by molar-refractivity contribution is 5.48. The van der Waals surface area contributed by atoms with Gasteiger partial charge >= 0.3 is 0 Å². The molecule has 47 valence electrons. The molecule has 0 atom stereocenters. The maximum Gasteiger partial charge on any atom is 0.0243 e. The number of rotatable bonds is 1. The molecule has 0 heteroatoms. The largest absolute Gasteiger partial charge is 0.115 e. The molecule has 1 aromatic rings. The summed E-state index contributed by atoms with van der Waals surface area (Å²) in [7, 11) is 0. The number of benzene rings is 1. The van der Waals surface area contributed by atoms with E-state index in [1.165, 1.54) is 0 Å². The van der Waals surface area contributed by atoms with E-state index in [-0.39, 0.29) is 0 Å². The quantitative estimate of drug-likeness (QED) is 0.507. The molecule has 0 aliphatic rings. The first-order valence-corrected chi connectivity index (χ1v) is 2.98. The van der Waals surface area contributed by atoms with E-state index in [2.05, 4.69) is 5.92 Å². The third-order valence-electron chi connectivity index (χ3n) is 1.27. The molecule has 0 spiro atoms. The van der Waals surface area contributed by atoms with Crippen LogP contribution in [0.25, 0.3) is 6.08 Å². The summed E-state index contributed by atoms with van der Waals surface area (Å²) in [4.78, 5) is 0. The number of hydrogen-bond donors (Lipinski definition) is 0. The van der Waals surface area contributed by atoms with Crippen LogP contribution in [0, 0.1) is 18.9 Å². The summed E-state index contributed by atoms with van der Waals surface area (Å²) in [6, 6.07) is 7.49. The van der Waals surface area contributed by atoms with Crippen molar-refractivity contribution in [3.05, 3.63) is 42.0 Å². The Balaban J connectivity index is 3.04. The highest BCUT2D eigenvalue weighted by atomic mass is 13.9. The molecule has 0 bridgehead atoms. The van der Waals surface area contributed by atoms with E-state index in [4.69, 9.17) is 13.0 Å². The molecule has 1 aromatic carbocycles. The molecule has 1 radical (unpaired) electrons. The number of terminal acetylenes is 1. The Morgan fingerprint density at radius 3 is 2.20 bits per heavy atom. The minimum Gasteiger partial charge on any atom is -0.115 e. The molecule has 0 aliphatic heterocycles. The Kier molecular flexibility index (Phi) is 1.92. The Morgan fingerprint density at radius 1 is 1.20 bits per heavy atom. The van der Waals surface area contributed by atoms with Crippen molar-refractivity contribution < 1.29 is 0 Å². The summed E-state index contributed by atoms with van der Waals surface area (Å²) in [6.07, 6.45) is 6.69. The maximum absolute atomic E-state index is 5.26. The molecule has 0 aromatic heterocycles. The first kappa shape index (κ1) is 6.64. The monoisotopic (exact) mass is 127 g/mol. The summed E-state index contributed by atoms with van der Waals surface area (Å²) in [6.45, 7) is 5.26. The van der Waals surface area contributed by atoms with Crippen LogP contribution in [0.1, 0.15) is 11.1 Å². The van der Waals surface area contributed by atoms with Crippen molar-refractivity contribution in [3.8, 4) is 12.3 Å². The maximum atomic E-state index is 5.26. The standard InChI is InChI=1S/C10H7/c1-3-9-5-7-10(4-2)8-6-9/h1-3,5-8H. The lowest BCUT2D eigenvalue weighted by Crippen LogP contribution is -1.73. The first-order valence-electron chi connectivity index (χ1n) is 2.98. The molecule has 0 fully saturated rings. The molecule has 0 heterocycles. The average molecular weight is 127 g/mol. The van der Waals surface area contributed by atoms with Crippen LogP contribution in [0.2, 0.25) is 0 Å². The summed E-state index contributed by atoms with van der Waals surface area (Å²) >= 11 is 0. The molecule has 0 aliphatic carbocycles. The summed E-state index contributed by atoms with van der Waals surface area (Å²) < 4.78 is 0. The second-order valence-electron chi connectivity index (χ2n) is 1.93. The van der Waals surface area contributed by atoms with Crippen molar-refractivity contribution in [3.63, 3.8) is 0 Å². The van der Waals surface area contributed by atoms with Gasteiger partial charge in [0.15, 0.2) is 0 Å². The van der Waals surface area contributed by atoms with Crippen LogP contribution in [0.3, 0.4) is 0 Å². The van der Waals surface area contributed by atoms with Crippen LogP contribution in [-0.4, -0.2) is 0 Å². The molecule has 10 heavy (non-hydrogen) atoms. The van der Waals surface area contributed by atoms with Gasteiger partial charge in [0.25, 0.3) is 0 Å². The van der Waals surface area contributed by atoms with Crippen molar-refractivity contribution in [1.82, 2.24) is 0 Å². The lowest BCUT2D eigenvalue weighted by molar-refractivity contribution is 1.62. The van der Waals surface area contributed by atoms with Crippen LogP contribution >= 0.6 is 0 Å². The van der Waals surface area contributed by atoms with Gasteiger partial charge in [0.2, 0.25) is 0 Å². The SMILES string of the molecule is [CH]=Cc1ccc(C#C)cc1. The van der Waals surface area contributed by atoms with Gasteiger partial charge in [-0.1, -0.05) is 30.7 Å². The van der Waals surface area contributed by atoms with Gasteiger partial charge in [-0.3, -0.25) is 0 Å². The minimum atomic E-state index is 0.880. The smallest absolute Gasteiger partial charge is 0.0243 e. The summed E-state index contributed by atoms with van der Waals surface area (Å²) in [5.41, 5.74) is 1.87. The van der Waals surface area contributed by atoms with Crippen molar-refractivity contribution >= 4 is 6.08 Å². The lowest BCUT2D eigenvalue weighted by Gasteiger charge is -1.90. The van der Waals surface area contributed by atoms with Gasteiger partial charge in [-0.2, -0.15) is 0 Å². The van der Waals surface area contributed by atoms with Crippen LogP contribution < -0.4 is 0 Å². The van der Waals surface area contributed by atoms with Gasteiger partial charge in [-0.05, 0) is 17.7 Å². The zero-order valence-electron chi connectivity index (χ0n) is 5.54. The van der Waals surface area contributed by atoms with Crippen molar-refractivity contribution in [2.24, 2.45) is 0 Å². The normalized spacial score (nSPS) is 8.30. The van der Waals surface area contributed by atoms with E-state index in [9.17, 15) is 0 Å². The van der Waals surface area contributed by atoms with Crippen molar-refractivity contribution in [2.45, 2.75) is 0 Å². The number of hydrogen-bond acceptors (Lipinski definition) is 0. The highest BCUT2D eigenvalue weighted by Crippen LogP contribution is 2.03. The second-order valence-corrected chi connectivity index (χ2v) is 1.93. The Bertz CT molecular complexity index is 259. The molecule has 0 amide bonds. The van der Waals surface area contributed by atoms with Crippen LogP contribution in [0.5, 0.6) is 0 Å². The zero-order chi connectivity index (χ0) is 7.40. The van der Waals surface area contributed by atoms with Gasteiger partial charge in [-0.15, -0.1) is 6.42 Å². The van der Waals surface area contributed by atoms with E-state index in [0.717, 1.165) is 11.1 Å². The third kappa shape index (κ3) is 1.27. The summed E-state index contributed by atoms with van der Waals surface area (Å²) in [5.74, 6) is 2.52. The fraction of sp³-hybridized carbons (Fsp3) is 0. The first-order chi connectivity index (χ1) is 4.86. The molecule has 0 saturated heterocycles. The van der Waals surface area contributed by atoms with Crippen LogP contribution in [0.15, 0.2) is 24.3 Å². The van der Waals surface area contributed by atoms with Gasteiger partial charge < -0.3 is 0 Å². The van der Waals surface area contributed by atoms with Crippen molar-refractivity contribution in [1.29, 1.82) is 0 Å². The third-order valence-corrected chi connectivity index (χ3v) is 1.27. The van der Waals surface area contributed by atoms with E-state index in [0.29, 0.717) is 0 Å². The predicted molar refractivity (Wildman–Crippen MR) is 43.1 cm³/mol. The Hall–Kier alpha value is -1.48. The minimum absolute atomic E-state index is 0.880. The molecule has 1 rings (SSSR count). The molecular formula is C10H7. The highest BCUT2D eigenvalue weighted by Gasteiger charge is 1.84. The zero-order valence-corrected chi connectivity index (χ0v) is 5.54. The molecule has 0 unspecified atom stereocenters. The van der Waals surface area contributed by atoms with Crippen LogP contribution in [-0.2, 0) is 0 Å². The summed E-state index contributed by atoms with van der Waals surface area (Å²) in [5, 5.41) is 0. The van der Waals surface area contributed by atoms with Gasteiger partial charge in [0.05, 0.1) is 0 Å². The molecular weight excluding hydrogens is 120 g/mol. The van der Waals surface area contributed by atoms with E-state index >= 15 is 0 Å². The fourth-order valence-electron chi connectivity index (χ4n) is 0.690. The molecule has 0 N–H and O–H groups in total. The Morgan fingerprint density at radius 2 is 1.80 bits per heavy atom. The Labute approximate surface area is 61.2 Å². The van der Waals surface area contributed by atoms with Crippen molar-refractivity contribution in [2.75, 3.05) is 0 Å². The topological polar surface area (TPSA) is 0 Å². The molecule has 0 nitrogen and oxygen atoms in total. The van der Waals surface area contributed by atoms with Gasteiger partial charge in [-0.25, -0.2) is 0 Å².